The van der Waals surface area contributed by atoms with Crippen molar-refractivity contribution in [2.24, 2.45) is 0 Å². The molecular weight excluding hydrogens is 456 g/mol. The highest BCUT2D eigenvalue weighted by molar-refractivity contribution is 7.86. The van der Waals surface area contributed by atoms with E-state index in [0.29, 0.717) is 6.92 Å². The van der Waals surface area contributed by atoms with Crippen molar-refractivity contribution in [3.8, 4) is 0 Å². The Morgan fingerprint density at radius 2 is 1.52 bits per heavy atom. The Labute approximate surface area is 157 Å². The van der Waals surface area contributed by atoms with Crippen LogP contribution in [0.4, 0.5) is 35.1 Å². The Kier molecular flexibility index (Phi) is 7.81. The van der Waals surface area contributed by atoms with Crippen LogP contribution in [0, 0.1) is 0 Å². The molecule has 170 valence electrons. The maximum Gasteiger partial charge on any atom is 0.468 e. The molecule has 0 heterocycles. The van der Waals surface area contributed by atoms with Crippen LogP contribution < -0.4 is 0 Å². The number of ether oxygens (including phenoxy) is 3. The molecule has 2 atom stereocenters. The van der Waals surface area contributed by atoms with Crippen LogP contribution in [0.2, 0.25) is 0 Å². The van der Waals surface area contributed by atoms with Crippen molar-refractivity contribution < 1.29 is 71.9 Å². The molecule has 0 fully saturated rings. The molecule has 8 nitrogen and oxygen atoms in total. The van der Waals surface area contributed by atoms with E-state index in [2.05, 4.69) is 20.8 Å². The predicted octanol–water partition coefficient (Wildman–Crippen LogP) is 2.36. The number of hydrogen-bond donors (Lipinski definition) is 1. The molecule has 17 heteroatoms. The van der Waals surface area contributed by atoms with E-state index in [1.54, 1.807) is 0 Å². The average Bonchev–Trinajstić information content (AvgIpc) is 2.47. The number of halogens is 8. The molecule has 0 saturated carbocycles. The van der Waals surface area contributed by atoms with Crippen LogP contribution in [-0.2, 0) is 33.9 Å². The van der Waals surface area contributed by atoms with Gasteiger partial charge in [-0.2, -0.15) is 43.5 Å². The van der Waals surface area contributed by atoms with Gasteiger partial charge in [-0.1, -0.05) is 6.58 Å². The van der Waals surface area contributed by atoms with Gasteiger partial charge in [-0.25, -0.2) is 9.59 Å². The summed E-state index contributed by atoms with van der Waals surface area (Å²) in [5, 5.41) is -5.49. The van der Waals surface area contributed by atoms with Crippen LogP contribution in [0.1, 0.15) is 13.8 Å². The fourth-order valence-corrected chi connectivity index (χ4v) is 1.38. The van der Waals surface area contributed by atoms with Gasteiger partial charge in [0.2, 0.25) is 0 Å². The lowest BCUT2D eigenvalue weighted by Gasteiger charge is -2.33. The van der Waals surface area contributed by atoms with Crippen LogP contribution in [-0.4, -0.2) is 61.0 Å². The highest BCUT2D eigenvalue weighted by atomic mass is 32.2. The van der Waals surface area contributed by atoms with Crippen LogP contribution in [0.3, 0.4) is 0 Å². The van der Waals surface area contributed by atoms with Gasteiger partial charge >= 0.3 is 45.5 Å². The van der Waals surface area contributed by atoms with Crippen molar-refractivity contribution in [2.75, 3.05) is 6.61 Å². The second kappa shape index (κ2) is 8.39. The maximum absolute atomic E-state index is 13.4. The van der Waals surface area contributed by atoms with E-state index < -0.39 is 63.7 Å². The predicted molar refractivity (Wildman–Crippen MR) is 73.7 cm³/mol. The van der Waals surface area contributed by atoms with Gasteiger partial charge in [0.05, 0.1) is 0 Å². The Morgan fingerprint density at radius 1 is 1.07 bits per heavy atom. The molecule has 0 aromatic rings. The molecule has 0 saturated heterocycles. The zero-order valence-corrected chi connectivity index (χ0v) is 15.0. The van der Waals surface area contributed by atoms with Crippen molar-refractivity contribution in [1.82, 2.24) is 0 Å². The van der Waals surface area contributed by atoms with E-state index in [4.69, 9.17) is 4.55 Å². The van der Waals surface area contributed by atoms with E-state index in [1.807, 2.05) is 0 Å². The molecule has 0 aliphatic carbocycles. The van der Waals surface area contributed by atoms with E-state index in [0.717, 1.165) is 0 Å². The summed E-state index contributed by atoms with van der Waals surface area (Å²) in [6.45, 7) is 0.604. The molecule has 0 spiro atoms. The molecule has 1 N–H and O–H groups in total. The van der Waals surface area contributed by atoms with Crippen LogP contribution in [0.15, 0.2) is 12.2 Å². The van der Waals surface area contributed by atoms with Gasteiger partial charge in [0.15, 0.2) is 6.10 Å². The summed E-state index contributed by atoms with van der Waals surface area (Å²) >= 11 is 0. The zero-order chi connectivity index (χ0) is 23.6. The summed E-state index contributed by atoms with van der Waals surface area (Å²) < 4.78 is 144. The molecule has 29 heavy (non-hydrogen) atoms. The van der Waals surface area contributed by atoms with Crippen molar-refractivity contribution >= 4 is 22.1 Å². The summed E-state index contributed by atoms with van der Waals surface area (Å²) in [6, 6.07) is 0. The zero-order valence-electron chi connectivity index (χ0n) is 14.2. The number of hydrogen-bond acceptors (Lipinski definition) is 7. The van der Waals surface area contributed by atoms with E-state index in [9.17, 15) is 53.1 Å². The average molecular weight is 468 g/mol. The first-order valence-electron chi connectivity index (χ1n) is 6.80. The fourth-order valence-electron chi connectivity index (χ4n) is 1.17. The summed E-state index contributed by atoms with van der Waals surface area (Å²) in [7, 11) is -6.40. The lowest BCUT2D eigenvalue weighted by molar-refractivity contribution is -0.363. The van der Waals surface area contributed by atoms with Crippen molar-refractivity contribution in [2.45, 2.75) is 43.3 Å². The lowest BCUT2D eigenvalue weighted by Crippen LogP contribution is -2.60. The molecule has 0 bridgehead atoms. The highest BCUT2D eigenvalue weighted by Gasteiger charge is 2.70. The third kappa shape index (κ3) is 6.49. The summed E-state index contributed by atoms with van der Waals surface area (Å²) in [6.07, 6.45) is -15.0. The van der Waals surface area contributed by atoms with Crippen molar-refractivity contribution in [1.29, 1.82) is 0 Å². The summed E-state index contributed by atoms with van der Waals surface area (Å²) in [4.78, 5) is 23.2. The first-order chi connectivity index (χ1) is 12.6. The molecule has 0 amide bonds. The topological polar surface area (TPSA) is 116 Å². The van der Waals surface area contributed by atoms with E-state index in [1.165, 1.54) is 0 Å². The first-order valence-corrected chi connectivity index (χ1v) is 8.24. The molecule has 0 aromatic heterocycles. The standard InChI is InChI=1S/C12H12F8O8S/c1-5(2)7(21)28-10(12(18,19)20,8(22)27-6(3)11(15,16)17)26-4-9(13,14)29(23,24)25/h6H,1,4H2,2-3H3,(H,23,24,25). The molecular formula is C12H12F8O8S. The minimum Gasteiger partial charge on any atom is -0.448 e. The number of rotatable bonds is 8. The Morgan fingerprint density at radius 3 is 1.83 bits per heavy atom. The first kappa shape index (κ1) is 27.0. The summed E-state index contributed by atoms with van der Waals surface area (Å²) in [5.41, 5.74) is -0.888. The van der Waals surface area contributed by atoms with Gasteiger partial charge in [0.1, 0.15) is 6.61 Å². The minimum atomic E-state index is -6.40. The van der Waals surface area contributed by atoms with Gasteiger partial charge < -0.3 is 14.2 Å². The van der Waals surface area contributed by atoms with Gasteiger partial charge in [0, 0.05) is 5.57 Å². The van der Waals surface area contributed by atoms with Crippen LogP contribution in [0.5, 0.6) is 0 Å². The van der Waals surface area contributed by atoms with E-state index >= 15 is 0 Å². The minimum absolute atomic E-state index is 0.0480. The van der Waals surface area contributed by atoms with Gasteiger partial charge in [-0.05, 0) is 13.8 Å². The Hall–Kier alpha value is -2.01. The molecule has 0 radical (unpaired) electrons. The smallest absolute Gasteiger partial charge is 0.448 e. The second-order valence-corrected chi connectivity index (χ2v) is 6.82. The lowest BCUT2D eigenvalue weighted by atomic mass is 10.2. The molecule has 0 aliphatic heterocycles. The number of carbonyl (C=O) groups is 2. The van der Waals surface area contributed by atoms with Gasteiger partial charge in [0.25, 0.3) is 0 Å². The second-order valence-electron chi connectivity index (χ2n) is 5.27. The van der Waals surface area contributed by atoms with Crippen molar-refractivity contribution in [3.63, 3.8) is 0 Å². The van der Waals surface area contributed by atoms with Gasteiger partial charge in [-0.15, -0.1) is 0 Å². The molecule has 0 aliphatic rings. The third-order valence-electron chi connectivity index (χ3n) is 2.79. The molecule has 0 aromatic carbocycles. The molecule has 2 unspecified atom stereocenters. The van der Waals surface area contributed by atoms with Crippen LogP contribution in [0.25, 0.3) is 0 Å². The summed E-state index contributed by atoms with van der Waals surface area (Å²) in [5.74, 6) is -10.6. The maximum atomic E-state index is 13.4. The normalized spacial score (nSPS) is 16.5. The Balaban J connectivity index is 6.32. The number of esters is 2. The van der Waals surface area contributed by atoms with Gasteiger partial charge in [-0.3, -0.25) is 4.55 Å². The monoisotopic (exact) mass is 468 g/mol. The van der Waals surface area contributed by atoms with Crippen LogP contribution >= 0.6 is 0 Å². The number of carbonyl (C=O) groups excluding carboxylic acids is 2. The van der Waals surface area contributed by atoms with Crippen molar-refractivity contribution in [3.05, 3.63) is 12.2 Å². The molecule has 0 rings (SSSR count). The third-order valence-corrected chi connectivity index (χ3v) is 3.67. The fraction of sp³-hybridized carbons (Fsp3) is 0.667. The Bertz CT molecular complexity index is 757. The number of alkyl halides is 8. The largest absolute Gasteiger partial charge is 0.468 e. The highest BCUT2D eigenvalue weighted by Crippen LogP contribution is 2.39. The van der Waals surface area contributed by atoms with E-state index in [-0.39, 0.29) is 6.92 Å². The quantitative estimate of drug-likeness (QED) is 0.190. The SMILES string of the molecule is C=C(C)C(=O)OC(OCC(F)(F)S(=O)(=O)O)(C(=O)OC(C)C(F)(F)F)C(F)(F)F.